The van der Waals surface area contributed by atoms with Gasteiger partial charge in [0.15, 0.2) is 0 Å². The molecule has 0 aliphatic heterocycles. The summed E-state index contributed by atoms with van der Waals surface area (Å²) in [7, 11) is 3.09. The second-order valence-electron chi connectivity index (χ2n) is 4.25. The third-order valence-corrected chi connectivity index (χ3v) is 2.78. The Hall–Kier alpha value is -1.71. The zero-order chi connectivity index (χ0) is 13.5. The topological polar surface area (TPSA) is 47.6 Å². The molecule has 0 aliphatic carbocycles. The summed E-state index contributed by atoms with van der Waals surface area (Å²) in [6.07, 6.45) is 1.20. The molecule has 0 amide bonds. The van der Waals surface area contributed by atoms with Crippen LogP contribution in [0.25, 0.3) is 0 Å². The zero-order valence-electron chi connectivity index (χ0n) is 11.5. The van der Waals surface area contributed by atoms with Gasteiger partial charge in [-0.05, 0) is 43.5 Å². The third kappa shape index (κ3) is 3.95. The summed E-state index contributed by atoms with van der Waals surface area (Å²) in [6, 6.07) is 4.09. The van der Waals surface area contributed by atoms with E-state index < -0.39 is 0 Å². The van der Waals surface area contributed by atoms with E-state index in [-0.39, 0.29) is 5.97 Å². The highest BCUT2D eigenvalue weighted by molar-refractivity contribution is 5.69. The van der Waals surface area contributed by atoms with Crippen molar-refractivity contribution in [1.29, 1.82) is 0 Å². The van der Waals surface area contributed by atoms with Gasteiger partial charge in [-0.3, -0.25) is 4.79 Å². The molecule has 0 aliphatic rings. The zero-order valence-corrected chi connectivity index (χ0v) is 11.5. The maximum Gasteiger partial charge on any atom is 0.305 e. The molecule has 4 nitrogen and oxygen atoms in total. The van der Waals surface area contributed by atoms with Crippen molar-refractivity contribution in [3.63, 3.8) is 0 Å². The first kappa shape index (κ1) is 14.4. The van der Waals surface area contributed by atoms with Gasteiger partial charge in [-0.1, -0.05) is 0 Å². The lowest BCUT2D eigenvalue weighted by Gasteiger charge is -2.12. The fourth-order valence-electron chi connectivity index (χ4n) is 1.94. The molecule has 1 aromatic carbocycles. The molecule has 0 radical (unpaired) electrons. The van der Waals surface area contributed by atoms with Crippen LogP contribution < -0.4 is 10.1 Å². The van der Waals surface area contributed by atoms with Gasteiger partial charge < -0.3 is 14.8 Å². The lowest BCUT2D eigenvalue weighted by Crippen LogP contribution is -2.07. The van der Waals surface area contributed by atoms with Crippen LogP contribution in [0, 0.1) is 13.8 Å². The Morgan fingerprint density at radius 2 is 1.83 bits per heavy atom. The Morgan fingerprint density at radius 1 is 1.22 bits per heavy atom. The monoisotopic (exact) mass is 251 g/mol. The van der Waals surface area contributed by atoms with E-state index in [1.165, 1.54) is 7.11 Å². The molecular formula is C14H21NO3. The van der Waals surface area contributed by atoms with Gasteiger partial charge in [0.1, 0.15) is 5.75 Å². The molecule has 0 atom stereocenters. The Balaban J connectivity index is 2.51. The number of hydrogen-bond donors (Lipinski definition) is 1. The molecule has 0 spiro atoms. The van der Waals surface area contributed by atoms with Crippen LogP contribution in [0.3, 0.4) is 0 Å². The smallest absolute Gasteiger partial charge is 0.305 e. The number of carbonyl (C=O) groups is 1. The van der Waals surface area contributed by atoms with Crippen LogP contribution in [0.4, 0.5) is 5.69 Å². The van der Waals surface area contributed by atoms with Gasteiger partial charge in [-0.25, -0.2) is 0 Å². The Kier molecular flexibility index (Phi) is 5.49. The molecule has 0 saturated carbocycles. The maximum absolute atomic E-state index is 10.9. The van der Waals surface area contributed by atoms with E-state index in [2.05, 4.69) is 10.1 Å². The Labute approximate surface area is 108 Å². The van der Waals surface area contributed by atoms with Crippen LogP contribution in [0.1, 0.15) is 24.0 Å². The van der Waals surface area contributed by atoms with Crippen molar-refractivity contribution in [2.45, 2.75) is 26.7 Å². The first-order chi connectivity index (χ1) is 8.58. The third-order valence-electron chi connectivity index (χ3n) is 2.78. The number of benzene rings is 1. The molecule has 0 heterocycles. The summed E-state index contributed by atoms with van der Waals surface area (Å²) in [5, 5.41) is 3.29. The number of hydrogen-bond acceptors (Lipinski definition) is 4. The van der Waals surface area contributed by atoms with E-state index in [4.69, 9.17) is 4.74 Å². The van der Waals surface area contributed by atoms with Crippen LogP contribution in [-0.2, 0) is 9.53 Å². The Morgan fingerprint density at radius 3 is 2.33 bits per heavy atom. The van der Waals surface area contributed by atoms with Gasteiger partial charge in [0.2, 0.25) is 0 Å². The van der Waals surface area contributed by atoms with Crippen LogP contribution in [0.5, 0.6) is 5.75 Å². The normalized spacial score (nSPS) is 10.0. The summed E-state index contributed by atoms with van der Waals surface area (Å²) < 4.78 is 9.90. The average Bonchev–Trinajstić information content (AvgIpc) is 2.34. The highest BCUT2D eigenvalue weighted by Crippen LogP contribution is 2.26. The fourth-order valence-corrected chi connectivity index (χ4v) is 1.94. The van der Waals surface area contributed by atoms with Crippen molar-refractivity contribution in [1.82, 2.24) is 0 Å². The largest absolute Gasteiger partial charge is 0.496 e. The minimum Gasteiger partial charge on any atom is -0.496 e. The number of nitrogens with one attached hydrogen (secondary N) is 1. The number of aryl methyl sites for hydroxylation is 2. The molecule has 4 heteroatoms. The summed E-state index contributed by atoms with van der Waals surface area (Å²) in [5.41, 5.74) is 3.26. The standard InChI is InChI=1S/C14H21NO3/c1-10-8-12(9-11(2)14(10)18-4)15-7-5-6-13(16)17-3/h8-9,15H,5-7H2,1-4H3. The number of esters is 1. The highest BCUT2D eigenvalue weighted by Gasteiger charge is 2.05. The quantitative estimate of drug-likeness (QED) is 0.623. The molecule has 1 N–H and O–H groups in total. The SMILES string of the molecule is COC(=O)CCCNc1cc(C)c(OC)c(C)c1. The molecule has 0 bridgehead atoms. The van der Waals surface area contributed by atoms with Gasteiger partial charge in [0.25, 0.3) is 0 Å². The van der Waals surface area contributed by atoms with Crippen LogP contribution >= 0.6 is 0 Å². The summed E-state index contributed by atoms with van der Waals surface area (Å²) in [6.45, 7) is 4.79. The van der Waals surface area contributed by atoms with Gasteiger partial charge in [-0.2, -0.15) is 0 Å². The number of methoxy groups -OCH3 is 2. The summed E-state index contributed by atoms with van der Waals surface area (Å²) in [4.78, 5) is 10.9. The predicted octanol–water partition coefficient (Wildman–Crippen LogP) is 2.68. The molecule has 0 saturated heterocycles. The minimum absolute atomic E-state index is 0.168. The second-order valence-corrected chi connectivity index (χ2v) is 4.25. The van der Waals surface area contributed by atoms with Crippen molar-refractivity contribution < 1.29 is 14.3 Å². The molecule has 0 unspecified atom stereocenters. The first-order valence-electron chi connectivity index (χ1n) is 6.04. The molecule has 18 heavy (non-hydrogen) atoms. The van der Waals surface area contributed by atoms with Crippen molar-refractivity contribution in [3.05, 3.63) is 23.3 Å². The van der Waals surface area contributed by atoms with Gasteiger partial charge in [0.05, 0.1) is 14.2 Å². The molecule has 1 aromatic rings. The van der Waals surface area contributed by atoms with Crippen LogP contribution in [0.15, 0.2) is 12.1 Å². The Bertz CT molecular complexity index is 392. The van der Waals surface area contributed by atoms with Crippen LogP contribution in [-0.4, -0.2) is 26.7 Å². The highest BCUT2D eigenvalue weighted by atomic mass is 16.5. The first-order valence-corrected chi connectivity index (χ1v) is 6.04. The molecular weight excluding hydrogens is 230 g/mol. The molecule has 100 valence electrons. The maximum atomic E-state index is 10.9. The number of carbonyl (C=O) groups excluding carboxylic acids is 1. The average molecular weight is 251 g/mol. The predicted molar refractivity (Wildman–Crippen MR) is 72.2 cm³/mol. The van der Waals surface area contributed by atoms with E-state index in [0.717, 1.165) is 35.5 Å². The van der Waals surface area contributed by atoms with Crippen LogP contribution in [0.2, 0.25) is 0 Å². The van der Waals surface area contributed by atoms with Crippen molar-refractivity contribution >= 4 is 11.7 Å². The van der Waals surface area contributed by atoms with Crippen molar-refractivity contribution in [3.8, 4) is 5.75 Å². The second kappa shape index (κ2) is 6.89. The van der Waals surface area contributed by atoms with Crippen molar-refractivity contribution in [2.75, 3.05) is 26.1 Å². The summed E-state index contributed by atoms with van der Waals surface area (Å²) >= 11 is 0. The number of anilines is 1. The number of ether oxygens (including phenoxy) is 2. The molecule has 0 fully saturated rings. The van der Waals surface area contributed by atoms with Gasteiger partial charge in [-0.15, -0.1) is 0 Å². The lowest BCUT2D eigenvalue weighted by atomic mass is 10.1. The van der Waals surface area contributed by atoms with E-state index in [9.17, 15) is 4.79 Å². The van der Waals surface area contributed by atoms with E-state index in [1.54, 1.807) is 7.11 Å². The molecule has 1 rings (SSSR count). The van der Waals surface area contributed by atoms with E-state index in [1.807, 2.05) is 26.0 Å². The van der Waals surface area contributed by atoms with E-state index >= 15 is 0 Å². The van der Waals surface area contributed by atoms with Crippen molar-refractivity contribution in [2.24, 2.45) is 0 Å². The minimum atomic E-state index is -0.168. The number of rotatable bonds is 6. The van der Waals surface area contributed by atoms with E-state index in [0.29, 0.717) is 6.42 Å². The van der Waals surface area contributed by atoms with Gasteiger partial charge in [0, 0.05) is 18.7 Å². The summed E-state index contributed by atoms with van der Waals surface area (Å²) in [5.74, 6) is 0.758. The van der Waals surface area contributed by atoms with Gasteiger partial charge >= 0.3 is 5.97 Å². The lowest BCUT2D eigenvalue weighted by molar-refractivity contribution is -0.140. The fraction of sp³-hybridized carbons (Fsp3) is 0.500. The molecule has 0 aromatic heterocycles.